The molecule has 0 amide bonds. The number of nitrogens with one attached hydrogen (secondary N) is 1. The van der Waals surface area contributed by atoms with E-state index in [2.05, 4.69) is 30.1 Å². The second-order valence-electron chi connectivity index (χ2n) is 5.13. The first kappa shape index (κ1) is 15.4. The molecule has 0 aliphatic rings. The largest absolute Gasteiger partial charge is 0.326 e. The Morgan fingerprint density at radius 2 is 1.86 bits per heavy atom. The third kappa shape index (κ3) is 3.39. The summed E-state index contributed by atoms with van der Waals surface area (Å²) in [5, 5.41) is 3.20. The van der Waals surface area contributed by atoms with Crippen LogP contribution in [0.4, 0.5) is 15.9 Å². The summed E-state index contributed by atoms with van der Waals surface area (Å²) in [6.45, 7) is 7.71. The Hall–Kier alpha value is -1.94. The van der Waals surface area contributed by atoms with Gasteiger partial charge in [-0.05, 0) is 63.7 Å². The molecule has 2 aromatic rings. The second kappa shape index (κ2) is 6.68. The number of hydrogen-bond acceptors (Lipinski definition) is 3. The zero-order valence-corrected chi connectivity index (χ0v) is 13.1. The number of rotatable bonds is 5. The highest BCUT2D eigenvalue weighted by Gasteiger charge is 2.16. The van der Waals surface area contributed by atoms with Gasteiger partial charge in [0.2, 0.25) is 0 Å². The highest BCUT2D eigenvalue weighted by Crippen LogP contribution is 2.29. The van der Waals surface area contributed by atoms with Gasteiger partial charge in [-0.15, -0.1) is 0 Å². The molecule has 0 atom stereocenters. The molecular formula is C17H22FN3. The van der Waals surface area contributed by atoms with Crippen molar-refractivity contribution in [1.29, 1.82) is 0 Å². The molecule has 0 fully saturated rings. The molecule has 3 nitrogen and oxygen atoms in total. The molecule has 1 N–H and O–H groups in total. The molecule has 0 saturated carbocycles. The predicted octanol–water partition coefficient (Wildman–Crippen LogP) is 3.71. The summed E-state index contributed by atoms with van der Waals surface area (Å²) in [6, 6.07) is 8.65. The Balaban J connectivity index is 2.53. The SMILES string of the molecule is CCN(c1ccc(F)cc1)c1nc(C)cc(C)c1CNC. The number of pyridine rings is 1. The summed E-state index contributed by atoms with van der Waals surface area (Å²) in [4.78, 5) is 6.83. The van der Waals surface area contributed by atoms with Crippen LogP contribution < -0.4 is 10.2 Å². The van der Waals surface area contributed by atoms with Gasteiger partial charge in [0, 0.05) is 30.0 Å². The summed E-state index contributed by atoms with van der Waals surface area (Å²) < 4.78 is 13.1. The van der Waals surface area contributed by atoms with Gasteiger partial charge < -0.3 is 10.2 Å². The Kier molecular flexibility index (Phi) is 4.91. The Morgan fingerprint density at radius 3 is 2.43 bits per heavy atom. The molecule has 4 heteroatoms. The minimum Gasteiger partial charge on any atom is -0.326 e. The van der Waals surface area contributed by atoms with Crippen LogP contribution in [0.1, 0.15) is 23.7 Å². The lowest BCUT2D eigenvalue weighted by atomic mass is 10.1. The number of anilines is 2. The number of aromatic nitrogens is 1. The average molecular weight is 287 g/mol. The molecule has 0 aliphatic carbocycles. The lowest BCUT2D eigenvalue weighted by Crippen LogP contribution is -2.22. The van der Waals surface area contributed by atoms with E-state index < -0.39 is 0 Å². The van der Waals surface area contributed by atoms with Crippen LogP contribution in [0.3, 0.4) is 0 Å². The fourth-order valence-corrected chi connectivity index (χ4v) is 2.54. The summed E-state index contributed by atoms with van der Waals surface area (Å²) in [5.74, 6) is 0.717. The number of aryl methyl sites for hydroxylation is 2. The van der Waals surface area contributed by atoms with E-state index in [1.807, 2.05) is 14.0 Å². The van der Waals surface area contributed by atoms with Crippen LogP contribution in [-0.4, -0.2) is 18.6 Å². The first-order chi connectivity index (χ1) is 10.1. The zero-order chi connectivity index (χ0) is 15.4. The van der Waals surface area contributed by atoms with Crippen LogP contribution in [0.25, 0.3) is 0 Å². The summed E-state index contributed by atoms with van der Waals surface area (Å²) in [7, 11) is 1.93. The Labute approximate surface area is 125 Å². The van der Waals surface area contributed by atoms with Crippen molar-refractivity contribution in [3.8, 4) is 0 Å². The molecule has 0 spiro atoms. The van der Waals surface area contributed by atoms with E-state index in [1.165, 1.54) is 23.3 Å². The van der Waals surface area contributed by atoms with E-state index in [-0.39, 0.29) is 5.82 Å². The molecule has 0 saturated heterocycles. The molecule has 0 unspecified atom stereocenters. The minimum absolute atomic E-state index is 0.223. The fraction of sp³-hybridized carbons (Fsp3) is 0.353. The van der Waals surface area contributed by atoms with Crippen molar-refractivity contribution < 1.29 is 4.39 Å². The van der Waals surface area contributed by atoms with Gasteiger partial charge >= 0.3 is 0 Å². The van der Waals surface area contributed by atoms with Crippen molar-refractivity contribution in [2.24, 2.45) is 0 Å². The summed E-state index contributed by atoms with van der Waals surface area (Å²) >= 11 is 0. The van der Waals surface area contributed by atoms with Crippen molar-refractivity contribution >= 4 is 11.5 Å². The predicted molar refractivity (Wildman–Crippen MR) is 85.6 cm³/mol. The summed E-state index contributed by atoms with van der Waals surface area (Å²) in [5.41, 5.74) is 4.33. The smallest absolute Gasteiger partial charge is 0.138 e. The van der Waals surface area contributed by atoms with Crippen LogP contribution in [0, 0.1) is 19.7 Å². The van der Waals surface area contributed by atoms with Crippen molar-refractivity contribution in [2.45, 2.75) is 27.3 Å². The molecular weight excluding hydrogens is 265 g/mol. The maximum Gasteiger partial charge on any atom is 0.138 e. The molecule has 1 heterocycles. The lowest BCUT2D eigenvalue weighted by molar-refractivity contribution is 0.627. The van der Waals surface area contributed by atoms with E-state index in [1.54, 1.807) is 12.1 Å². The molecule has 0 radical (unpaired) electrons. The van der Waals surface area contributed by atoms with E-state index in [0.717, 1.165) is 30.3 Å². The third-order valence-electron chi connectivity index (χ3n) is 3.52. The maximum atomic E-state index is 13.1. The van der Waals surface area contributed by atoms with Gasteiger partial charge in [0.15, 0.2) is 0 Å². The van der Waals surface area contributed by atoms with Crippen LogP contribution in [0.2, 0.25) is 0 Å². The van der Waals surface area contributed by atoms with E-state index in [9.17, 15) is 4.39 Å². The van der Waals surface area contributed by atoms with E-state index >= 15 is 0 Å². The second-order valence-corrected chi connectivity index (χ2v) is 5.13. The molecule has 112 valence electrons. The molecule has 1 aromatic heterocycles. The van der Waals surface area contributed by atoms with Crippen molar-refractivity contribution in [2.75, 3.05) is 18.5 Å². The number of nitrogens with zero attached hydrogens (tertiary/aromatic N) is 2. The third-order valence-corrected chi connectivity index (χ3v) is 3.52. The van der Waals surface area contributed by atoms with Gasteiger partial charge in [-0.25, -0.2) is 9.37 Å². The van der Waals surface area contributed by atoms with Crippen LogP contribution in [-0.2, 0) is 6.54 Å². The standard InChI is InChI=1S/C17H22FN3/c1-5-21(15-8-6-14(18)7-9-15)17-16(11-19-4)12(2)10-13(3)20-17/h6-10,19H,5,11H2,1-4H3. The van der Waals surface area contributed by atoms with Gasteiger partial charge in [-0.1, -0.05) is 0 Å². The molecule has 21 heavy (non-hydrogen) atoms. The molecule has 0 bridgehead atoms. The van der Waals surface area contributed by atoms with Crippen molar-refractivity contribution in [1.82, 2.24) is 10.3 Å². The summed E-state index contributed by atoms with van der Waals surface area (Å²) in [6.07, 6.45) is 0. The topological polar surface area (TPSA) is 28.2 Å². The van der Waals surface area contributed by atoms with E-state index in [0.29, 0.717) is 0 Å². The zero-order valence-electron chi connectivity index (χ0n) is 13.1. The number of halogens is 1. The quantitative estimate of drug-likeness (QED) is 0.908. The van der Waals surface area contributed by atoms with Crippen LogP contribution >= 0.6 is 0 Å². The first-order valence-electron chi connectivity index (χ1n) is 7.21. The fourth-order valence-electron chi connectivity index (χ4n) is 2.54. The Bertz CT molecular complexity index is 608. The minimum atomic E-state index is -0.223. The monoisotopic (exact) mass is 287 g/mol. The lowest BCUT2D eigenvalue weighted by Gasteiger charge is -2.26. The number of benzene rings is 1. The first-order valence-corrected chi connectivity index (χ1v) is 7.21. The Morgan fingerprint density at radius 1 is 1.19 bits per heavy atom. The van der Waals surface area contributed by atoms with Gasteiger partial charge in [-0.2, -0.15) is 0 Å². The van der Waals surface area contributed by atoms with Crippen molar-refractivity contribution in [3.05, 3.63) is 53.0 Å². The maximum absolute atomic E-state index is 13.1. The molecule has 2 rings (SSSR count). The van der Waals surface area contributed by atoms with Gasteiger partial charge in [-0.3, -0.25) is 0 Å². The van der Waals surface area contributed by atoms with Crippen LogP contribution in [0.15, 0.2) is 30.3 Å². The normalized spacial score (nSPS) is 10.7. The molecule has 1 aromatic carbocycles. The van der Waals surface area contributed by atoms with Crippen LogP contribution in [0.5, 0.6) is 0 Å². The van der Waals surface area contributed by atoms with E-state index in [4.69, 9.17) is 4.98 Å². The average Bonchev–Trinajstić information content (AvgIpc) is 2.45. The van der Waals surface area contributed by atoms with Gasteiger partial charge in [0.25, 0.3) is 0 Å². The van der Waals surface area contributed by atoms with Crippen molar-refractivity contribution in [3.63, 3.8) is 0 Å². The number of hydrogen-bond donors (Lipinski definition) is 1. The van der Waals surface area contributed by atoms with Gasteiger partial charge in [0.05, 0.1) is 0 Å². The molecule has 0 aliphatic heterocycles. The highest BCUT2D eigenvalue weighted by atomic mass is 19.1. The highest BCUT2D eigenvalue weighted by molar-refractivity contribution is 5.64. The van der Waals surface area contributed by atoms with Gasteiger partial charge in [0.1, 0.15) is 11.6 Å².